The van der Waals surface area contributed by atoms with Crippen molar-refractivity contribution in [1.82, 2.24) is 0 Å². The highest BCUT2D eigenvalue weighted by atomic mass is 35.5. The molecule has 0 aromatic heterocycles. The Morgan fingerprint density at radius 3 is 2.64 bits per heavy atom. The van der Waals surface area contributed by atoms with Crippen molar-refractivity contribution in [3.05, 3.63) is 53.1 Å². The van der Waals surface area contributed by atoms with Crippen molar-refractivity contribution < 1.29 is 19.1 Å². The second-order valence-electron chi connectivity index (χ2n) is 5.14. The molecule has 2 aromatic rings. The van der Waals surface area contributed by atoms with Gasteiger partial charge in [-0.05, 0) is 30.3 Å². The number of hydrogen-bond donors (Lipinski definition) is 2. The number of benzene rings is 2. The van der Waals surface area contributed by atoms with Gasteiger partial charge < -0.3 is 20.1 Å². The van der Waals surface area contributed by atoms with Gasteiger partial charge in [0, 0.05) is 24.7 Å². The van der Waals surface area contributed by atoms with E-state index in [1.807, 2.05) is 0 Å². The van der Waals surface area contributed by atoms with Crippen LogP contribution in [-0.4, -0.2) is 32.6 Å². The smallest absolute Gasteiger partial charge is 0.337 e. The van der Waals surface area contributed by atoms with Gasteiger partial charge in [0.25, 0.3) is 0 Å². The maximum absolute atomic E-state index is 12.0. The first-order chi connectivity index (χ1) is 12.0. The Labute approximate surface area is 151 Å². The minimum Gasteiger partial charge on any atom is -0.497 e. The van der Waals surface area contributed by atoms with E-state index in [0.29, 0.717) is 34.3 Å². The number of rotatable bonds is 7. The summed E-state index contributed by atoms with van der Waals surface area (Å²) >= 11 is 6.09. The Hall–Kier alpha value is -2.73. The molecule has 0 radical (unpaired) electrons. The molecule has 0 atom stereocenters. The van der Waals surface area contributed by atoms with Crippen LogP contribution in [0.1, 0.15) is 16.8 Å². The summed E-state index contributed by atoms with van der Waals surface area (Å²) in [6.45, 7) is 0.361. The summed E-state index contributed by atoms with van der Waals surface area (Å²) < 4.78 is 9.79. The Morgan fingerprint density at radius 1 is 1.12 bits per heavy atom. The molecule has 0 saturated carbocycles. The molecule has 0 bridgehead atoms. The summed E-state index contributed by atoms with van der Waals surface area (Å²) in [5, 5.41) is 6.30. The minimum atomic E-state index is -0.449. The molecule has 7 heteroatoms. The van der Waals surface area contributed by atoms with Crippen LogP contribution in [0, 0.1) is 0 Å². The Kier molecular flexibility index (Phi) is 6.65. The van der Waals surface area contributed by atoms with Gasteiger partial charge >= 0.3 is 5.97 Å². The van der Waals surface area contributed by atoms with E-state index in [9.17, 15) is 9.59 Å². The third kappa shape index (κ3) is 5.39. The van der Waals surface area contributed by atoms with Crippen LogP contribution in [0.25, 0.3) is 0 Å². The summed E-state index contributed by atoms with van der Waals surface area (Å²) in [6.07, 6.45) is 0.232. The lowest BCUT2D eigenvalue weighted by atomic mass is 10.2. The quantitative estimate of drug-likeness (QED) is 0.736. The van der Waals surface area contributed by atoms with Crippen LogP contribution in [0.15, 0.2) is 42.5 Å². The highest BCUT2D eigenvalue weighted by Crippen LogP contribution is 2.23. The predicted octanol–water partition coefficient (Wildman–Crippen LogP) is 3.58. The second-order valence-corrected chi connectivity index (χ2v) is 5.55. The zero-order valence-corrected chi connectivity index (χ0v) is 14.7. The SMILES string of the molecule is COC(=O)c1ccc(Cl)c(NCCC(=O)Nc2cccc(OC)c2)c1. The van der Waals surface area contributed by atoms with Crippen molar-refractivity contribution in [2.24, 2.45) is 0 Å². The maximum atomic E-state index is 12.0. The normalized spacial score (nSPS) is 10.0. The number of carbonyl (C=O) groups is 2. The third-order valence-corrected chi connectivity index (χ3v) is 3.74. The van der Waals surface area contributed by atoms with E-state index >= 15 is 0 Å². The fraction of sp³-hybridized carbons (Fsp3) is 0.222. The van der Waals surface area contributed by atoms with Gasteiger partial charge in [0.05, 0.1) is 30.5 Å². The summed E-state index contributed by atoms with van der Waals surface area (Å²) in [7, 11) is 2.88. The first-order valence-electron chi connectivity index (χ1n) is 7.59. The fourth-order valence-electron chi connectivity index (χ4n) is 2.14. The van der Waals surface area contributed by atoms with Gasteiger partial charge in [-0.3, -0.25) is 4.79 Å². The lowest BCUT2D eigenvalue weighted by Crippen LogP contribution is -2.16. The molecule has 2 aromatic carbocycles. The molecule has 25 heavy (non-hydrogen) atoms. The van der Waals surface area contributed by atoms with Crippen molar-refractivity contribution in [1.29, 1.82) is 0 Å². The first-order valence-corrected chi connectivity index (χ1v) is 7.97. The van der Waals surface area contributed by atoms with Crippen LogP contribution in [0.2, 0.25) is 5.02 Å². The zero-order chi connectivity index (χ0) is 18.2. The largest absolute Gasteiger partial charge is 0.497 e. The molecule has 6 nitrogen and oxygen atoms in total. The summed E-state index contributed by atoms with van der Waals surface area (Å²) in [4.78, 5) is 23.6. The number of carbonyl (C=O) groups excluding carboxylic acids is 2. The predicted molar refractivity (Wildman–Crippen MR) is 97.5 cm³/mol. The number of methoxy groups -OCH3 is 2. The molecular weight excluding hydrogens is 344 g/mol. The van der Waals surface area contributed by atoms with E-state index < -0.39 is 5.97 Å². The lowest BCUT2D eigenvalue weighted by Gasteiger charge is -2.10. The molecule has 0 fully saturated rings. The third-order valence-electron chi connectivity index (χ3n) is 3.41. The number of hydrogen-bond acceptors (Lipinski definition) is 5. The summed E-state index contributed by atoms with van der Waals surface area (Å²) in [5.41, 5.74) is 1.61. The molecule has 0 aliphatic rings. The van der Waals surface area contributed by atoms with Crippen LogP contribution in [0.4, 0.5) is 11.4 Å². The summed E-state index contributed by atoms with van der Waals surface area (Å²) in [5.74, 6) is 0.0683. The first kappa shape index (κ1) is 18.6. The van der Waals surface area contributed by atoms with Crippen LogP contribution in [0.3, 0.4) is 0 Å². The standard InChI is InChI=1S/C18H19ClN2O4/c1-24-14-5-3-4-13(11-14)21-17(22)8-9-20-16-10-12(18(23)25-2)6-7-15(16)19/h3-7,10-11,20H,8-9H2,1-2H3,(H,21,22). The number of halogens is 1. The van der Waals surface area contributed by atoms with Gasteiger partial charge in [-0.25, -0.2) is 4.79 Å². The molecule has 1 amide bonds. The number of amides is 1. The highest BCUT2D eigenvalue weighted by Gasteiger charge is 2.09. The molecule has 0 unspecified atom stereocenters. The van der Waals surface area contributed by atoms with Crippen molar-refractivity contribution >= 4 is 34.9 Å². The topological polar surface area (TPSA) is 76.7 Å². The average molecular weight is 363 g/mol. The Balaban J connectivity index is 1.89. The van der Waals surface area contributed by atoms with Crippen LogP contribution >= 0.6 is 11.6 Å². The van der Waals surface area contributed by atoms with Crippen molar-refractivity contribution in [2.75, 3.05) is 31.4 Å². The van der Waals surface area contributed by atoms with E-state index in [0.717, 1.165) is 0 Å². The average Bonchev–Trinajstić information content (AvgIpc) is 2.62. The van der Waals surface area contributed by atoms with Gasteiger partial charge in [0.1, 0.15) is 5.75 Å². The van der Waals surface area contributed by atoms with Gasteiger partial charge in [0.2, 0.25) is 5.91 Å². The molecule has 132 valence electrons. The summed E-state index contributed by atoms with van der Waals surface area (Å²) in [6, 6.07) is 11.9. The Bertz CT molecular complexity index is 764. The van der Waals surface area contributed by atoms with E-state index in [1.54, 1.807) is 49.6 Å². The van der Waals surface area contributed by atoms with E-state index in [-0.39, 0.29) is 12.3 Å². The van der Waals surface area contributed by atoms with Gasteiger partial charge in [-0.15, -0.1) is 0 Å². The van der Waals surface area contributed by atoms with Gasteiger partial charge in [0.15, 0.2) is 0 Å². The Morgan fingerprint density at radius 2 is 1.92 bits per heavy atom. The highest BCUT2D eigenvalue weighted by molar-refractivity contribution is 6.33. The van der Waals surface area contributed by atoms with Crippen molar-refractivity contribution in [3.8, 4) is 5.75 Å². The molecule has 2 rings (SSSR count). The maximum Gasteiger partial charge on any atom is 0.337 e. The zero-order valence-electron chi connectivity index (χ0n) is 14.0. The second kappa shape index (κ2) is 8.94. The number of esters is 1. The number of anilines is 2. The molecule has 0 aliphatic carbocycles. The fourth-order valence-corrected chi connectivity index (χ4v) is 2.32. The number of nitrogens with one attached hydrogen (secondary N) is 2. The van der Waals surface area contributed by atoms with E-state index in [4.69, 9.17) is 16.3 Å². The molecule has 0 saturated heterocycles. The lowest BCUT2D eigenvalue weighted by molar-refractivity contribution is -0.115. The number of ether oxygens (including phenoxy) is 2. The van der Waals surface area contributed by atoms with Crippen molar-refractivity contribution in [2.45, 2.75) is 6.42 Å². The van der Waals surface area contributed by atoms with Gasteiger partial charge in [-0.2, -0.15) is 0 Å². The molecule has 2 N–H and O–H groups in total. The van der Waals surface area contributed by atoms with Crippen LogP contribution < -0.4 is 15.4 Å². The van der Waals surface area contributed by atoms with E-state index in [1.165, 1.54) is 7.11 Å². The van der Waals surface area contributed by atoms with Crippen LogP contribution in [0.5, 0.6) is 5.75 Å². The molecule has 0 spiro atoms. The van der Waals surface area contributed by atoms with Crippen LogP contribution in [-0.2, 0) is 9.53 Å². The molecular formula is C18H19ClN2O4. The minimum absolute atomic E-state index is 0.152. The van der Waals surface area contributed by atoms with Crippen molar-refractivity contribution in [3.63, 3.8) is 0 Å². The van der Waals surface area contributed by atoms with Gasteiger partial charge in [-0.1, -0.05) is 17.7 Å². The van der Waals surface area contributed by atoms with E-state index in [2.05, 4.69) is 15.4 Å². The molecule has 0 heterocycles. The monoisotopic (exact) mass is 362 g/mol. The molecule has 0 aliphatic heterocycles.